The molecular weight excluding hydrogens is 414 g/mol. The molecule has 2 fully saturated rings. The molecule has 34 heavy (non-hydrogen) atoms. The molecule has 0 aliphatic heterocycles. The summed E-state index contributed by atoms with van der Waals surface area (Å²) in [6.45, 7) is 4.02. The van der Waals surface area contributed by atoms with Crippen LogP contribution in [0, 0.1) is 6.92 Å². The molecule has 3 heteroatoms. The van der Waals surface area contributed by atoms with Crippen molar-refractivity contribution in [3.8, 4) is 11.1 Å². The van der Waals surface area contributed by atoms with Crippen molar-refractivity contribution in [2.45, 2.75) is 96.6 Å². The highest BCUT2D eigenvalue weighted by molar-refractivity contribution is 5.89. The molecule has 0 amide bonds. The van der Waals surface area contributed by atoms with E-state index in [4.69, 9.17) is 5.73 Å². The third kappa shape index (κ3) is 5.42. The second-order valence-corrected chi connectivity index (χ2v) is 10.5. The van der Waals surface area contributed by atoms with Crippen LogP contribution in [0.5, 0.6) is 0 Å². The minimum Gasteiger partial charge on any atom is -0.344 e. The number of aromatic nitrogens is 1. The Balaban J connectivity index is 0.00000274. The fourth-order valence-corrected chi connectivity index (χ4v) is 6.34. The average Bonchev–Trinajstić information content (AvgIpc) is 3.24. The van der Waals surface area contributed by atoms with Gasteiger partial charge >= 0.3 is 0 Å². The molecule has 2 aromatic carbocycles. The third-order valence-electron chi connectivity index (χ3n) is 8.11. The predicted molar refractivity (Wildman–Crippen MR) is 148 cm³/mol. The fraction of sp³-hybridized carbons (Fsp3) is 0.548. The second-order valence-electron chi connectivity index (χ2n) is 10.5. The molecule has 0 saturated heterocycles. The van der Waals surface area contributed by atoms with Gasteiger partial charge in [-0.15, -0.1) is 0 Å². The molecule has 2 aliphatic carbocycles. The van der Waals surface area contributed by atoms with Crippen LogP contribution in [0.1, 0.15) is 94.7 Å². The summed E-state index contributed by atoms with van der Waals surface area (Å²) < 4.78 is 2.66. The predicted octanol–water partition coefficient (Wildman–Crippen LogP) is 7.72. The van der Waals surface area contributed by atoms with Crippen molar-refractivity contribution in [2.75, 3.05) is 13.1 Å². The quantitative estimate of drug-likeness (QED) is 0.355. The van der Waals surface area contributed by atoms with Crippen LogP contribution in [-0.2, 0) is 0 Å². The zero-order chi connectivity index (χ0) is 22.6. The zero-order valence-corrected chi connectivity index (χ0v) is 20.4. The van der Waals surface area contributed by atoms with E-state index in [1.165, 1.54) is 85.4 Å². The van der Waals surface area contributed by atoms with Crippen molar-refractivity contribution in [3.63, 3.8) is 0 Å². The molecule has 0 spiro atoms. The van der Waals surface area contributed by atoms with Gasteiger partial charge < -0.3 is 15.6 Å². The molecule has 5 rings (SSSR count). The van der Waals surface area contributed by atoms with Crippen LogP contribution in [0.15, 0.2) is 48.7 Å². The lowest BCUT2D eigenvalue weighted by atomic mass is 9.81. The van der Waals surface area contributed by atoms with E-state index in [0.717, 1.165) is 19.5 Å². The van der Waals surface area contributed by atoms with Crippen molar-refractivity contribution in [1.82, 2.24) is 9.88 Å². The van der Waals surface area contributed by atoms with Gasteiger partial charge in [0.05, 0.1) is 0 Å². The number of hydrogen-bond acceptors (Lipinski definition) is 2. The molecule has 3 N–H and O–H groups in total. The van der Waals surface area contributed by atoms with Crippen LogP contribution in [0.25, 0.3) is 22.0 Å². The highest BCUT2D eigenvalue weighted by Gasteiger charge is 2.27. The SMILES string of the molecule is C.Cc1cccc(-c2ccc3c(c2)c(C2CCCC(NCCCN)C2)cn3C2CCCCC2)c1. The van der Waals surface area contributed by atoms with Gasteiger partial charge in [-0.1, -0.05) is 69.0 Å². The van der Waals surface area contributed by atoms with Gasteiger partial charge in [-0.25, -0.2) is 0 Å². The van der Waals surface area contributed by atoms with Crippen LogP contribution in [0.2, 0.25) is 0 Å². The first kappa shape index (κ1) is 25.0. The van der Waals surface area contributed by atoms with Crippen LogP contribution in [0.4, 0.5) is 0 Å². The van der Waals surface area contributed by atoms with Crippen LogP contribution < -0.4 is 11.1 Å². The maximum atomic E-state index is 5.73. The normalized spacial score (nSPS) is 21.5. The molecule has 3 nitrogen and oxygen atoms in total. The summed E-state index contributed by atoms with van der Waals surface area (Å²) in [7, 11) is 0. The number of nitrogens with two attached hydrogens (primary N) is 1. The summed E-state index contributed by atoms with van der Waals surface area (Å²) in [4.78, 5) is 0. The number of aryl methyl sites for hydroxylation is 1. The molecular formula is C31H45N3. The first-order chi connectivity index (χ1) is 16.2. The van der Waals surface area contributed by atoms with Gasteiger partial charge in [0.1, 0.15) is 0 Å². The molecule has 2 atom stereocenters. The Morgan fingerprint density at radius 3 is 2.56 bits per heavy atom. The molecule has 184 valence electrons. The zero-order valence-electron chi connectivity index (χ0n) is 20.4. The highest BCUT2D eigenvalue weighted by Crippen LogP contribution is 2.41. The summed E-state index contributed by atoms with van der Waals surface area (Å²) in [5, 5.41) is 5.29. The van der Waals surface area contributed by atoms with Crippen LogP contribution >= 0.6 is 0 Å². The number of nitrogens with zero attached hydrogens (tertiary/aromatic N) is 1. The topological polar surface area (TPSA) is 43.0 Å². The van der Waals surface area contributed by atoms with Crippen molar-refractivity contribution in [2.24, 2.45) is 5.73 Å². The number of rotatable bonds is 7. The van der Waals surface area contributed by atoms with Crippen molar-refractivity contribution < 1.29 is 0 Å². The molecule has 3 aromatic rings. The van der Waals surface area contributed by atoms with E-state index in [-0.39, 0.29) is 7.43 Å². The Labute approximate surface area is 207 Å². The molecule has 2 aliphatic rings. The van der Waals surface area contributed by atoms with E-state index in [2.05, 4.69) is 65.5 Å². The van der Waals surface area contributed by atoms with Crippen molar-refractivity contribution in [3.05, 3.63) is 59.8 Å². The van der Waals surface area contributed by atoms with E-state index in [1.54, 1.807) is 5.56 Å². The first-order valence-corrected chi connectivity index (χ1v) is 13.4. The summed E-state index contributed by atoms with van der Waals surface area (Å²) in [5.74, 6) is 0.647. The smallest absolute Gasteiger partial charge is 0.0486 e. The van der Waals surface area contributed by atoms with E-state index in [1.807, 2.05) is 0 Å². The third-order valence-corrected chi connectivity index (χ3v) is 8.11. The van der Waals surface area contributed by atoms with Gasteiger partial charge in [0, 0.05) is 29.2 Å². The summed E-state index contributed by atoms with van der Waals surface area (Å²) in [5.41, 5.74) is 12.8. The van der Waals surface area contributed by atoms with E-state index < -0.39 is 0 Å². The van der Waals surface area contributed by atoms with Gasteiger partial charge in [-0.2, -0.15) is 0 Å². The summed E-state index contributed by atoms with van der Waals surface area (Å²) >= 11 is 0. The maximum Gasteiger partial charge on any atom is 0.0486 e. The minimum atomic E-state index is 0. The van der Waals surface area contributed by atoms with E-state index in [9.17, 15) is 0 Å². The molecule has 2 saturated carbocycles. The van der Waals surface area contributed by atoms with Crippen LogP contribution in [0.3, 0.4) is 0 Å². The van der Waals surface area contributed by atoms with Gasteiger partial charge in [0.15, 0.2) is 0 Å². The van der Waals surface area contributed by atoms with Gasteiger partial charge in [0.2, 0.25) is 0 Å². The molecule has 2 unspecified atom stereocenters. The average molecular weight is 460 g/mol. The Bertz CT molecular complexity index is 1060. The lowest BCUT2D eigenvalue weighted by Crippen LogP contribution is -2.34. The fourth-order valence-electron chi connectivity index (χ4n) is 6.34. The van der Waals surface area contributed by atoms with Gasteiger partial charge in [-0.05, 0) is 93.3 Å². The van der Waals surface area contributed by atoms with E-state index >= 15 is 0 Å². The Morgan fingerprint density at radius 2 is 1.76 bits per heavy atom. The molecule has 1 aromatic heterocycles. The Kier molecular flexibility index (Phi) is 8.50. The largest absolute Gasteiger partial charge is 0.344 e. The Morgan fingerprint density at radius 1 is 0.941 bits per heavy atom. The standard InChI is InChI=1S/C30H41N3.CH4/c1-22-8-5-9-23(18-22)24-14-15-30-28(20-24)29(21-33(30)27-12-3-2-4-13-27)25-10-6-11-26(19-25)32-17-7-16-31;/h5,8-9,14-15,18,20-21,25-27,32H,2-4,6-7,10-13,16-17,19,31H2,1H3;1H4. The number of fused-ring (bicyclic) bond motifs is 1. The highest BCUT2D eigenvalue weighted by atomic mass is 15.0. The molecule has 1 heterocycles. The number of hydrogen-bond donors (Lipinski definition) is 2. The first-order valence-electron chi connectivity index (χ1n) is 13.4. The monoisotopic (exact) mass is 459 g/mol. The summed E-state index contributed by atoms with van der Waals surface area (Å²) in [6.07, 6.45) is 15.6. The van der Waals surface area contributed by atoms with Crippen molar-refractivity contribution in [1.29, 1.82) is 0 Å². The Hall–Kier alpha value is -2.10. The molecule has 0 radical (unpaired) electrons. The van der Waals surface area contributed by atoms with Crippen LogP contribution in [-0.4, -0.2) is 23.7 Å². The van der Waals surface area contributed by atoms with Gasteiger partial charge in [-0.3, -0.25) is 0 Å². The lowest BCUT2D eigenvalue weighted by molar-refractivity contribution is 0.337. The maximum absolute atomic E-state index is 5.73. The minimum absolute atomic E-state index is 0. The molecule has 0 bridgehead atoms. The van der Waals surface area contributed by atoms with Gasteiger partial charge in [0.25, 0.3) is 0 Å². The number of benzene rings is 2. The van der Waals surface area contributed by atoms with Crippen molar-refractivity contribution >= 4 is 10.9 Å². The van der Waals surface area contributed by atoms with E-state index in [0.29, 0.717) is 18.0 Å². The number of nitrogens with one attached hydrogen (secondary N) is 1. The second kappa shape index (κ2) is 11.6. The summed E-state index contributed by atoms with van der Waals surface area (Å²) in [6, 6.07) is 17.5. The lowest BCUT2D eigenvalue weighted by Gasteiger charge is -2.30.